The SMILES string of the molecule is C=CCc1cc(C)ccc1OCCOCC[NH2+]CC[NH+](C)C. The molecule has 0 unspecified atom stereocenters. The first kappa shape index (κ1) is 18.7. The standard InChI is InChI=1S/C18H30N2O2/c1-5-6-17-15-16(2)7-8-18(17)22-14-13-21-12-10-19-9-11-20(3)4/h5,7-8,15,19H,1,6,9-14H2,2-4H3/p+2. The van der Waals surface area contributed by atoms with E-state index in [1.54, 1.807) is 0 Å². The number of quaternary nitrogens is 2. The summed E-state index contributed by atoms with van der Waals surface area (Å²) in [6.07, 6.45) is 2.74. The molecule has 0 amide bonds. The second kappa shape index (κ2) is 11.2. The van der Waals surface area contributed by atoms with Crippen LogP contribution in [0.4, 0.5) is 0 Å². The quantitative estimate of drug-likeness (QED) is 0.416. The molecule has 0 saturated carbocycles. The van der Waals surface area contributed by atoms with Crippen LogP contribution < -0.4 is 15.0 Å². The Morgan fingerprint density at radius 2 is 2.00 bits per heavy atom. The molecule has 1 rings (SSSR count). The first-order valence-corrected chi connectivity index (χ1v) is 8.15. The molecule has 0 aliphatic carbocycles. The Morgan fingerprint density at radius 1 is 1.18 bits per heavy atom. The van der Waals surface area contributed by atoms with Gasteiger partial charge in [-0.15, -0.1) is 6.58 Å². The van der Waals surface area contributed by atoms with Crippen molar-refractivity contribution in [3.63, 3.8) is 0 Å². The third kappa shape index (κ3) is 8.17. The Hall–Kier alpha value is -1.36. The highest BCUT2D eigenvalue weighted by Gasteiger charge is 2.03. The van der Waals surface area contributed by atoms with Crippen molar-refractivity contribution in [3.8, 4) is 5.75 Å². The van der Waals surface area contributed by atoms with Crippen LogP contribution in [0.2, 0.25) is 0 Å². The minimum absolute atomic E-state index is 0.592. The number of ether oxygens (including phenoxy) is 2. The Morgan fingerprint density at radius 3 is 2.73 bits per heavy atom. The molecule has 0 radical (unpaired) electrons. The van der Waals surface area contributed by atoms with Crippen molar-refractivity contribution in [2.24, 2.45) is 0 Å². The second-order valence-electron chi connectivity index (χ2n) is 5.89. The van der Waals surface area contributed by atoms with E-state index < -0.39 is 0 Å². The van der Waals surface area contributed by atoms with Gasteiger partial charge in [0, 0.05) is 0 Å². The van der Waals surface area contributed by atoms with Crippen molar-refractivity contribution >= 4 is 0 Å². The molecule has 1 aromatic rings. The Labute approximate surface area is 135 Å². The summed E-state index contributed by atoms with van der Waals surface area (Å²) in [5.74, 6) is 0.939. The minimum atomic E-state index is 0.592. The van der Waals surface area contributed by atoms with Crippen LogP contribution in [0.5, 0.6) is 5.75 Å². The Kier molecular flexibility index (Phi) is 9.55. The Balaban J connectivity index is 2.13. The van der Waals surface area contributed by atoms with Gasteiger partial charge in [-0.1, -0.05) is 23.8 Å². The summed E-state index contributed by atoms with van der Waals surface area (Å²) in [5.41, 5.74) is 2.44. The van der Waals surface area contributed by atoms with Crippen LogP contribution in [0, 0.1) is 6.92 Å². The third-order valence-corrected chi connectivity index (χ3v) is 3.38. The van der Waals surface area contributed by atoms with E-state index in [1.807, 2.05) is 12.1 Å². The first-order valence-electron chi connectivity index (χ1n) is 8.15. The van der Waals surface area contributed by atoms with E-state index in [4.69, 9.17) is 9.47 Å². The van der Waals surface area contributed by atoms with Crippen LogP contribution >= 0.6 is 0 Å². The van der Waals surface area contributed by atoms with Gasteiger partial charge in [0.25, 0.3) is 0 Å². The zero-order valence-electron chi connectivity index (χ0n) is 14.4. The largest absolute Gasteiger partial charge is 0.491 e. The molecule has 0 atom stereocenters. The number of rotatable bonds is 12. The van der Waals surface area contributed by atoms with Gasteiger partial charge in [-0.05, 0) is 25.0 Å². The summed E-state index contributed by atoms with van der Waals surface area (Å²) >= 11 is 0. The molecular formula is C18H32N2O2+2. The maximum absolute atomic E-state index is 5.82. The van der Waals surface area contributed by atoms with E-state index in [9.17, 15) is 0 Å². The smallest absolute Gasteiger partial charge is 0.126 e. The topological polar surface area (TPSA) is 39.5 Å². The number of allylic oxidation sites excluding steroid dienone is 1. The number of hydrogen-bond acceptors (Lipinski definition) is 2. The lowest BCUT2D eigenvalue weighted by molar-refractivity contribution is -0.874. The maximum Gasteiger partial charge on any atom is 0.126 e. The van der Waals surface area contributed by atoms with Gasteiger partial charge >= 0.3 is 0 Å². The van der Waals surface area contributed by atoms with Gasteiger partial charge in [-0.2, -0.15) is 0 Å². The fraction of sp³-hybridized carbons (Fsp3) is 0.556. The molecular weight excluding hydrogens is 276 g/mol. The molecule has 0 fully saturated rings. The van der Waals surface area contributed by atoms with Crippen molar-refractivity contribution in [2.45, 2.75) is 13.3 Å². The lowest BCUT2D eigenvalue weighted by Crippen LogP contribution is -3.09. The van der Waals surface area contributed by atoms with Crippen molar-refractivity contribution in [1.82, 2.24) is 0 Å². The zero-order chi connectivity index (χ0) is 16.2. The zero-order valence-corrected chi connectivity index (χ0v) is 14.4. The summed E-state index contributed by atoms with van der Waals surface area (Å²) in [7, 11) is 4.35. The molecule has 0 saturated heterocycles. The van der Waals surface area contributed by atoms with Gasteiger partial charge in [-0.25, -0.2) is 0 Å². The molecule has 124 valence electrons. The average molecular weight is 308 g/mol. The van der Waals surface area contributed by atoms with Gasteiger partial charge < -0.3 is 19.7 Å². The molecule has 1 aromatic carbocycles. The summed E-state index contributed by atoms with van der Waals surface area (Å²) in [4.78, 5) is 1.49. The van der Waals surface area contributed by atoms with Crippen LogP contribution in [-0.4, -0.2) is 53.6 Å². The van der Waals surface area contributed by atoms with E-state index >= 15 is 0 Å². The van der Waals surface area contributed by atoms with E-state index in [2.05, 4.69) is 45.0 Å². The highest BCUT2D eigenvalue weighted by molar-refractivity contribution is 5.38. The number of hydrogen-bond donors (Lipinski definition) is 2. The number of aryl methyl sites for hydroxylation is 1. The molecule has 4 nitrogen and oxygen atoms in total. The van der Waals surface area contributed by atoms with E-state index in [0.717, 1.165) is 31.9 Å². The van der Waals surface area contributed by atoms with E-state index in [1.165, 1.54) is 22.6 Å². The summed E-state index contributed by atoms with van der Waals surface area (Å²) in [5, 5.41) is 2.30. The van der Waals surface area contributed by atoms with Crippen LogP contribution in [0.3, 0.4) is 0 Å². The lowest BCUT2D eigenvalue weighted by atomic mass is 10.1. The highest BCUT2D eigenvalue weighted by atomic mass is 16.5. The molecule has 0 aliphatic rings. The van der Waals surface area contributed by atoms with Gasteiger partial charge in [-0.3, -0.25) is 0 Å². The number of likely N-dealkylation sites (N-methyl/N-ethyl adjacent to an activating group) is 1. The fourth-order valence-electron chi connectivity index (χ4n) is 2.18. The average Bonchev–Trinajstić information content (AvgIpc) is 2.47. The summed E-state index contributed by atoms with van der Waals surface area (Å²) in [6.45, 7) is 11.2. The van der Waals surface area contributed by atoms with Gasteiger partial charge in [0.15, 0.2) is 0 Å². The lowest BCUT2D eigenvalue weighted by Gasteiger charge is -2.11. The highest BCUT2D eigenvalue weighted by Crippen LogP contribution is 2.20. The van der Waals surface area contributed by atoms with Crippen molar-refractivity contribution in [2.75, 3.05) is 53.6 Å². The van der Waals surface area contributed by atoms with Crippen molar-refractivity contribution in [1.29, 1.82) is 0 Å². The van der Waals surface area contributed by atoms with Crippen LogP contribution in [0.1, 0.15) is 11.1 Å². The van der Waals surface area contributed by atoms with Crippen LogP contribution in [0.25, 0.3) is 0 Å². The molecule has 0 spiro atoms. The van der Waals surface area contributed by atoms with Crippen molar-refractivity contribution < 1.29 is 19.7 Å². The monoisotopic (exact) mass is 308 g/mol. The first-order chi connectivity index (χ1) is 10.6. The minimum Gasteiger partial charge on any atom is -0.491 e. The Bertz CT molecular complexity index is 433. The van der Waals surface area contributed by atoms with E-state index in [-0.39, 0.29) is 0 Å². The van der Waals surface area contributed by atoms with Crippen molar-refractivity contribution in [3.05, 3.63) is 42.0 Å². The third-order valence-electron chi connectivity index (χ3n) is 3.38. The second-order valence-corrected chi connectivity index (χ2v) is 5.89. The maximum atomic E-state index is 5.82. The number of nitrogens with one attached hydrogen (secondary N) is 1. The molecule has 0 aliphatic heterocycles. The summed E-state index contributed by atoms with van der Waals surface area (Å²) < 4.78 is 11.4. The molecule has 0 heterocycles. The molecule has 4 heteroatoms. The number of nitrogens with two attached hydrogens (primary N) is 1. The molecule has 0 aromatic heterocycles. The summed E-state index contributed by atoms with van der Waals surface area (Å²) in [6, 6.07) is 6.26. The van der Waals surface area contributed by atoms with E-state index in [0.29, 0.717) is 13.2 Å². The molecule has 0 bridgehead atoms. The predicted molar refractivity (Wildman–Crippen MR) is 90.7 cm³/mol. The molecule has 3 N–H and O–H groups in total. The van der Waals surface area contributed by atoms with Crippen LogP contribution in [-0.2, 0) is 11.2 Å². The molecule has 22 heavy (non-hydrogen) atoms. The van der Waals surface area contributed by atoms with Gasteiger partial charge in [0.2, 0.25) is 0 Å². The van der Waals surface area contributed by atoms with Gasteiger partial charge in [0.1, 0.15) is 25.4 Å². The predicted octanol–water partition coefficient (Wildman–Crippen LogP) is -0.173. The normalized spacial score (nSPS) is 10.9. The number of benzene rings is 1. The van der Waals surface area contributed by atoms with Crippen LogP contribution in [0.15, 0.2) is 30.9 Å². The fourth-order valence-corrected chi connectivity index (χ4v) is 2.18. The van der Waals surface area contributed by atoms with Gasteiger partial charge in [0.05, 0.1) is 33.9 Å².